The second kappa shape index (κ2) is 4.71. The summed E-state index contributed by atoms with van der Waals surface area (Å²) >= 11 is 6.33. The fourth-order valence-corrected chi connectivity index (χ4v) is 2.45. The van der Waals surface area contributed by atoms with Crippen molar-refractivity contribution in [1.82, 2.24) is 29.3 Å². The van der Waals surface area contributed by atoms with Crippen LogP contribution in [0, 0.1) is 0 Å². The van der Waals surface area contributed by atoms with E-state index in [0.717, 1.165) is 16.9 Å². The number of hydrogen-bond donors (Lipinski definition) is 2. The molecule has 0 aliphatic heterocycles. The Labute approximate surface area is 124 Å². The first-order valence-corrected chi connectivity index (χ1v) is 6.70. The summed E-state index contributed by atoms with van der Waals surface area (Å²) in [6, 6.07) is 5.75. The van der Waals surface area contributed by atoms with Crippen molar-refractivity contribution < 1.29 is 0 Å². The molecule has 0 saturated carbocycles. The zero-order valence-electron chi connectivity index (χ0n) is 10.8. The summed E-state index contributed by atoms with van der Waals surface area (Å²) in [5.74, 6) is 0.672. The van der Waals surface area contributed by atoms with Crippen LogP contribution in [0.3, 0.4) is 0 Å². The summed E-state index contributed by atoms with van der Waals surface area (Å²) < 4.78 is 1.84. The van der Waals surface area contributed by atoms with E-state index >= 15 is 0 Å². The maximum absolute atomic E-state index is 6.33. The Balaban J connectivity index is 1.66. The number of nitrogens with one attached hydrogen (secondary N) is 2. The van der Waals surface area contributed by atoms with Crippen molar-refractivity contribution in [3.8, 4) is 0 Å². The van der Waals surface area contributed by atoms with E-state index in [1.807, 2.05) is 28.8 Å². The molecule has 0 aliphatic carbocycles. The second-order valence-corrected chi connectivity index (χ2v) is 4.81. The van der Waals surface area contributed by atoms with E-state index in [0.29, 0.717) is 23.2 Å². The molecule has 0 bridgehead atoms. The Bertz CT molecular complexity index is 926. The van der Waals surface area contributed by atoms with Crippen molar-refractivity contribution >= 4 is 34.2 Å². The number of aromatic nitrogens is 6. The fraction of sp³-hybridized carbons (Fsp3) is 0.0769. The minimum atomic E-state index is 0.464. The molecule has 4 rings (SSSR count). The minimum absolute atomic E-state index is 0.464. The molecule has 2 N–H and O–H groups in total. The van der Waals surface area contributed by atoms with E-state index < -0.39 is 0 Å². The number of anilines is 1. The zero-order valence-corrected chi connectivity index (χ0v) is 11.5. The van der Waals surface area contributed by atoms with Gasteiger partial charge in [-0.3, -0.25) is 4.40 Å². The van der Waals surface area contributed by atoms with Gasteiger partial charge in [0.25, 0.3) is 0 Å². The maximum atomic E-state index is 6.33. The van der Waals surface area contributed by atoms with E-state index in [1.165, 1.54) is 6.33 Å². The quantitative estimate of drug-likeness (QED) is 0.606. The van der Waals surface area contributed by atoms with Crippen LogP contribution in [0.4, 0.5) is 5.82 Å². The third kappa shape index (κ3) is 1.98. The molecule has 8 heteroatoms. The van der Waals surface area contributed by atoms with Gasteiger partial charge in [0.15, 0.2) is 11.5 Å². The predicted octanol–water partition coefficient (Wildman–Crippen LogP) is 2.27. The molecular weight excluding hydrogens is 290 g/mol. The Morgan fingerprint density at radius 2 is 2.19 bits per heavy atom. The van der Waals surface area contributed by atoms with Gasteiger partial charge < -0.3 is 10.3 Å². The predicted molar refractivity (Wildman–Crippen MR) is 79.2 cm³/mol. The third-order valence-corrected chi connectivity index (χ3v) is 3.58. The fourth-order valence-electron chi connectivity index (χ4n) is 2.19. The summed E-state index contributed by atoms with van der Waals surface area (Å²) in [5, 5.41) is 3.80. The smallest absolute Gasteiger partial charge is 0.182 e. The maximum Gasteiger partial charge on any atom is 0.182 e. The summed E-state index contributed by atoms with van der Waals surface area (Å²) in [7, 11) is 0. The SMILES string of the molecule is Clc1c(CNc2ncnc3nc[nH]c23)nc2ccccn12. The van der Waals surface area contributed by atoms with E-state index in [4.69, 9.17) is 11.6 Å². The first-order chi connectivity index (χ1) is 10.3. The van der Waals surface area contributed by atoms with Gasteiger partial charge in [-0.1, -0.05) is 17.7 Å². The van der Waals surface area contributed by atoms with Crippen molar-refractivity contribution in [3.63, 3.8) is 0 Å². The molecule has 4 aromatic heterocycles. The number of fused-ring (bicyclic) bond motifs is 2. The minimum Gasteiger partial charge on any atom is -0.362 e. The lowest BCUT2D eigenvalue weighted by Gasteiger charge is -2.04. The average molecular weight is 300 g/mol. The molecule has 0 saturated heterocycles. The largest absolute Gasteiger partial charge is 0.362 e. The van der Waals surface area contributed by atoms with Crippen molar-refractivity contribution in [1.29, 1.82) is 0 Å². The van der Waals surface area contributed by atoms with Crippen LogP contribution in [0.5, 0.6) is 0 Å². The number of nitrogens with zero attached hydrogens (tertiary/aromatic N) is 5. The lowest BCUT2D eigenvalue weighted by molar-refractivity contribution is 1.05. The normalized spacial score (nSPS) is 11.3. The number of rotatable bonds is 3. The Morgan fingerprint density at radius 3 is 3.10 bits per heavy atom. The van der Waals surface area contributed by atoms with E-state index in [1.54, 1.807) is 6.33 Å². The van der Waals surface area contributed by atoms with E-state index in [9.17, 15) is 0 Å². The van der Waals surface area contributed by atoms with Gasteiger partial charge in [-0.2, -0.15) is 0 Å². The van der Waals surface area contributed by atoms with Gasteiger partial charge in [0.05, 0.1) is 18.6 Å². The van der Waals surface area contributed by atoms with Crippen LogP contribution in [0.2, 0.25) is 5.15 Å². The van der Waals surface area contributed by atoms with Crippen molar-refractivity contribution in [3.05, 3.63) is 47.9 Å². The van der Waals surface area contributed by atoms with E-state index in [-0.39, 0.29) is 0 Å². The molecule has 0 radical (unpaired) electrons. The van der Waals surface area contributed by atoms with Gasteiger partial charge in [-0.05, 0) is 12.1 Å². The number of aromatic amines is 1. The lowest BCUT2D eigenvalue weighted by Crippen LogP contribution is -2.03. The van der Waals surface area contributed by atoms with Crippen LogP contribution in [-0.2, 0) is 6.54 Å². The average Bonchev–Trinajstić information content (AvgIpc) is 3.11. The van der Waals surface area contributed by atoms with Gasteiger partial charge in [-0.25, -0.2) is 19.9 Å². The van der Waals surface area contributed by atoms with Crippen molar-refractivity contribution in [2.24, 2.45) is 0 Å². The lowest BCUT2D eigenvalue weighted by atomic mass is 10.4. The Hall–Kier alpha value is -2.67. The van der Waals surface area contributed by atoms with Crippen LogP contribution in [0.1, 0.15) is 5.69 Å². The number of pyridine rings is 1. The van der Waals surface area contributed by atoms with Crippen LogP contribution < -0.4 is 5.32 Å². The molecule has 7 nitrogen and oxygen atoms in total. The highest BCUT2D eigenvalue weighted by atomic mass is 35.5. The van der Waals surface area contributed by atoms with E-state index in [2.05, 4.69) is 30.2 Å². The van der Waals surface area contributed by atoms with Crippen LogP contribution >= 0.6 is 11.6 Å². The molecule has 0 amide bonds. The first-order valence-electron chi connectivity index (χ1n) is 6.32. The van der Waals surface area contributed by atoms with Gasteiger partial charge >= 0.3 is 0 Å². The molecule has 0 aliphatic rings. The molecule has 0 atom stereocenters. The molecule has 21 heavy (non-hydrogen) atoms. The summed E-state index contributed by atoms with van der Waals surface area (Å²) in [4.78, 5) is 19.9. The number of H-pyrrole nitrogens is 1. The monoisotopic (exact) mass is 299 g/mol. The summed E-state index contributed by atoms with van der Waals surface area (Å²) in [5.41, 5.74) is 2.95. The standard InChI is InChI=1S/C13H10ClN7/c14-11-8(20-9-3-1-2-4-21(9)11)5-15-12-10-13(17-6-16-10)19-7-18-12/h1-4,6-7H,5H2,(H2,15,16,17,18,19). The first kappa shape index (κ1) is 12.1. The second-order valence-electron chi connectivity index (χ2n) is 4.46. The highest BCUT2D eigenvalue weighted by molar-refractivity contribution is 6.30. The van der Waals surface area contributed by atoms with Gasteiger partial charge in [0, 0.05) is 6.20 Å². The van der Waals surface area contributed by atoms with Crippen LogP contribution in [0.25, 0.3) is 16.8 Å². The Kier molecular flexibility index (Phi) is 2.71. The molecule has 0 unspecified atom stereocenters. The van der Waals surface area contributed by atoms with Crippen molar-refractivity contribution in [2.45, 2.75) is 6.54 Å². The summed E-state index contributed by atoms with van der Waals surface area (Å²) in [6.07, 6.45) is 4.94. The van der Waals surface area contributed by atoms with Gasteiger partial charge in [0.2, 0.25) is 0 Å². The molecule has 104 valence electrons. The molecule has 0 spiro atoms. The molecule has 0 aromatic carbocycles. The van der Waals surface area contributed by atoms with Gasteiger partial charge in [0.1, 0.15) is 22.6 Å². The highest BCUT2D eigenvalue weighted by Gasteiger charge is 2.11. The van der Waals surface area contributed by atoms with Crippen LogP contribution in [-0.4, -0.2) is 29.3 Å². The van der Waals surface area contributed by atoms with Crippen LogP contribution in [0.15, 0.2) is 37.1 Å². The molecule has 4 heterocycles. The number of hydrogen-bond acceptors (Lipinski definition) is 5. The third-order valence-electron chi connectivity index (χ3n) is 3.18. The zero-order chi connectivity index (χ0) is 14.2. The number of halogens is 1. The molecule has 0 fully saturated rings. The van der Waals surface area contributed by atoms with Crippen molar-refractivity contribution in [2.75, 3.05) is 5.32 Å². The summed E-state index contributed by atoms with van der Waals surface area (Å²) in [6.45, 7) is 0.464. The van der Waals surface area contributed by atoms with Gasteiger partial charge in [-0.15, -0.1) is 0 Å². The number of imidazole rings is 2. The highest BCUT2D eigenvalue weighted by Crippen LogP contribution is 2.20. The molecule has 4 aromatic rings. The molecular formula is C13H10ClN7. The topological polar surface area (TPSA) is 83.8 Å². The Morgan fingerprint density at radius 1 is 1.24 bits per heavy atom.